The van der Waals surface area contributed by atoms with Crippen LogP contribution in [0.15, 0.2) is 0 Å². The number of hydrogen-bond donors (Lipinski definition) is 0. The first-order valence-corrected chi connectivity index (χ1v) is 10.9. The van der Waals surface area contributed by atoms with Crippen LogP contribution in [0.1, 0.15) is 0 Å². The fourth-order valence-electron chi connectivity index (χ4n) is 2.81. The van der Waals surface area contributed by atoms with Crippen LogP contribution in [0.3, 0.4) is 0 Å². The Hall–Kier alpha value is 0.0200. The minimum absolute atomic E-state index is 0.0539. The summed E-state index contributed by atoms with van der Waals surface area (Å²) in [6.45, 7) is 5.35. The first-order valence-electron chi connectivity index (χ1n) is 8.79. The number of carbonyl (C=O) groups is 2. The highest BCUT2D eigenvalue weighted by molar-refractivity contribution is 6.18. The highest BCUT2D eigenvalue weighted by Gasteiger charge is 2.25. The molecule has 0 atom stereocenters. The third kappa shape index (κ3) is 8.81. The molecule has 6 nitrogen and oxygen atoms in total. The van der Waals surface area contributed by atoms with Gasteiger partial charge in [0.15, 0.2) is 0 Å². The van der Waals surface area contributed by atoms with Crippen molar-refractivity contribution in [3.8, 4) is 0 Å². The van der Waals surface area contributed by atoms with E-state index in [2.05, 4.69) is 0 Å². The molecule has 1 aliphatic heterocycles. The second-order valence-electron chi connectivity index (χ2n) is 6.07. The van der Waals surface area contributed by atoms with Crippen molar-refractivity contribution >= 4 is 58.2 Å². The highest BCUT2D eigenvalue weighted by atomic mass is 35.5. The number of alkyl halides is 4. The molecule has 0 saturated carbocycles. The van der Waals surface area contributed by atoms with E-state index in [-0.39, 0.29) is 11.8 Å². The molecule has 1 saturated heterocycles. The molecule has 1 aliphatic rings. The summed E-state index contributed by atoms with van der Waals surface area (Å²) in [6.07, 6.45) is 0. The van der Waals surface area contributed by atoms with Crippen LogP contribution in [0.2, 0.25) is 0 Å². The molecule has 152 valence electrons. The summed E-state index contributed by atoms with van der Waals surface area (Å²) in [6, 6.07) is 0. The van der Waals surface area contributed by atoms with Crippen LogP contribution in [0.5, 0.6) is 0 Å². The molecule has 0 aromatic rings. The van der Waals surface area contributed by atoms with Gasteiger partial charge in [-0.2, -0.15) is 0 Å². The summed E-state index contributed by atoms with van der Waals surface area (Å²) in [5, 5.41) is 0. The van der Waals surface area contributed by atoms with Gasteiger partial charge in [0.2, 0.25) is 11.8 Å². The fourth-order valence-corrected chi connectivity index (χ4v) is 3.76. The molecule has 0 unspecified atom stereocenters. The van der Waals surface area contributed by atoms with Crippen molar-refractivity contribution in [3.05, 3.63) is 0 Å². The van der Waals surface area contributed by atoms with Gasteiger partial charge in [-0.25, -0.2) is 0 Å². The number of carbonyl (C=O) groups excluding carboxylic acids is 2. The lowest BCUT2D eigenvalue weighted by Gasteiger charge is -2.36. The lowest BCUT2D eigenvalue weighted by atomic mass is 10.3. The molecule has 10 heteroatoms. The number of nitrogens with zero attached hydrogens (tertiary/aromatic N) is 4. The van der Waals surface area contributed by atoms with Crippen molar-refractivity contribution < 1.29 is 9.59 Å². The fraction of sp³-hybridized carbons (Fsp3) is 0.875. The zero-order valence-corrected chi connectivity index (χ0v) is 18.0. The van der Waals surface area contributed by atoms with Crippen LogP contribution < -0.4 is 0 Å². The average Bonchev–Trinajstić information content (AvgIpc) is 2.62. The molecule has 1 heterocycles. The zero-order valence-electron chi connectivity index (χ0n) is 15.0. The van der Waals surface area contributed by atoms with Crippen LogP contribution in [-0.4, -0.2) is 120 Å². The van der Waals surface area contributed by atoms with Crippen LogP contribution in [0, 0.1) is 0 Å². The second kappa shape index (κ2) is 14.1. The molecule has 0 N–H and O–H groups in total. The smallest absolute Gasteiger partial charge is 0.236 e. The zero-order chi connectivity index (χ0) is 19.4. The van der Waals surface area contributed by atoms with E-state index in [0.29, 0.717) is 89.0 Å². The molecule has 0 radical (unpaired) electrons. The van der Waals surface area contributed by atoms with Gasteiger partial charge in [0.05, 0.1) is 13.1 Å². The largest absolute Gasteiger partial charge is 0.338 e. The van der Waals surface area contributed by atoms with Gasteiger partial charge in [0.25, 0.3) is 0 Å². The summed E-state index contributed by atoms with van der Waals surface area (Å²) < 4.78 is 0. The minimum Gasteiger partial charge on any atom is -0.338 e. The van der Waals surface area contributed by atoms with E-state index in [4.69, 9.17) is 46.4 Å². The Morgan fingerprint density at radius 2 is 0.885 bits per heavy atom. The number of amides is 2. The van der Waals surface area contributed by atoms with E-state index in [0.717, 1.165) is 0 Å². The van der Waals surface area contributed by atoms with Crippen molar-refractivity contribution in [2.24, 2.45) is 0 Å². The maximum atomic E-state index is 12.4. The Labute approximate surface area is 176 Å². The molecule has 26 heavy (non-hydrogen) atoms. The molecule has 0 aromatic carbocycles. The lowest BCUT2D eigenvalue weighted by Crippen LogP contribution is -2.54. The summed E-state index contributed by atoms with van der Waals surface area (Å²) >= 11 is 23.1. The first kappa shape index (κ1) is 24.1. The van der Waals surface area contributed by atoms with Crippen molar-refractivity contribution in [2.45, 2.75) is 0 Å². The van der Waals surface area contributed by atoms with Gasteiger partial charge >= 0.3 is 0 Å². The van der Waals surface area contributed by atoms with Gasteiger partial charge in [-0.1, -0.05) is 0 Å². The van der Waals surface area contributed by atoms with Gasteiger partial charge in [-0.15, -0.1) is 46.4 Å². The third-order valence-electron chi connectivity index (χ3n) is 4.31. The predicted molar refractivity (Wildman–Crippen MR) is 109 cm³/mol. The SMILES string of the molecule is O=C(CN(CCCl)CCCl)N1CCN(C(=O)CN(CCCl)CCCl)CC1. The maximum Gasteiger partial charge on any atom is 0.236 e. The quantitative estimate of drug-likeness (QED) is 0.420. The Balaban J connectivity index is 2.42. The van der Waals surface area contributed by atoms with E-state index in [1.54, 1.807) is 9.80 Å². The molecule has 0 aromatic heterocycles. The van der Waals surface area contributed by atoms with Gasteiger partial charge < -0.3 is 9.80 Å². The summed E-state index contributed by atoms with van der Waals surface area (Å²) in [5.41, 5.74) is 0. The van der Waals surface area contributed by atoms with E-state index < -0.39 is 0 Å². The minimum atomic E-state index is 0.0539. The molecular weight excluding hydrogens is 422 g/mol. The Morgan fingerprint density at radius 3 is 1.12 bits per heavy atom. The highest BCUT2D eigenvalue weighted by Crippen LogP contribution is 2.06. The van der Waals surface area contributed by atoms with Crippen LogP contribution in [-0.2, 0) is 9.59 Å². The van der Waals surface area contributed by atoms with Crippen molar-refractivity contribution in [2.75, 3.05) is 89.0 Å². The third-order valence-corrected chi connectivity index (χ3v) is 4.98. The maximum absolute atomic E-state index is 12.4. The Bertz CT molecular complexity index is 373. The summed E-state index contributed by atoms with van der Waals surface area (Å²) in [5.74, 6) is 1.97. The van der Waals surface area contributed by atoms with Crippen molar-refractivity contribution in [1.82, 2.24) is 19.6 Å². The van der Waals surface area contributed by atoms with Gasteiger partial charge in [-0.05, 0) is 0 Å². The monoisotopic (exact) mass is 448 g/mol. The molecule has 2 amide bonds. The number of halogens is 4. The molecule has 1 rings (SSSR count). The van der Waals surface area contributed by atoms with E-state index in [9.17, 15) is 9.59 Å². The van der Waals surface area contributed by atoms with Gasteiger partial charge in [0.1, 0.15) is 0 Å². The van der Waals surface area contributed by atoms with E-state index in [1.807, 2.05) is 9.80 Å². The summed E-state index contributed by atoms with van der Waals surface area (Å²) in [4.78, 5) is 32.4. The van der Waals surface area contributed by atoms with Crippen molar-refractivity contribution in [1.29, 1.82) is 0 Å². The number of hydrogen-bond acceptors (Lipinski definition) is 4. The topological polar surface area (TPSA) is 47.1 Å². The van der Waals surface area contributed by atoms with Gasteiger partial charge in [-0.3, -0.25) is 19.4 Å². The van der Waals surface area contributed by atoms with E-state index in [1.165, 1.54) is 0 Å². The predicted octanol–water partition coefficient (Wildman–Crippen LogP) is 1.22. The average molecular weight is 450 g/mol. The molecule has 0 aliphatic carbocycles. The van der Waals surface area contributed by atoms with Crippen LogP contribution in [0.25, 0.3) is 0 Å². The number of rotatable bonds is 12. The summed E-state index contributed by atoms with van der Waals surface area (Å²) in [7, 11) is 0. The number of piperazine rings is 1. The Morgan fingerprint density at radius 1 is 0.615 bits per heavy atom. The first-order chi connectivity index (χ1) is 12.5. The second-order valence-corrected chi connectivity index (χ2v) is 7.58. The lowest BCUT2D eigenvalue weighted by molar-refractivity contribution is -0.140. The molecular formula is C16H28Cl4N4O2. The van der Waals surface area contributed by atoms with Crippen LogP contribution >= 0.6 is 46.4 Å². The van der Waals surface area contributed by atoms with Crippen molar-refractivity contribution in [3.63, 3.8) is 0 Å². The van der Waals surface area contributed by atoms with Crippen LogP contribution in [0.4, 0.5) is 0 Å². The molecule has 0 spiro atoms. The van der Waals surface area contributed by atoms with Gasteiger partial charge in [0, 0.05) is 75.9 Å². The molecule has 1 fully saturated rings. The Kier molecular flexibility index (Phi) is 13.0. The standard InChI is InChI=1S/C16H28Cl4N4O2/c17-1-5-21(6-2-18)13-15(25)23-9-11-24(12-10-23)16(26)14-22(7-3-19)8-4-20/h1-14H2. The normalized spacial score (nSPS) is 15.2. The van der Waals surface area contributed by atoms with E-state index >= 15 is 0 Å². The molecule has 0 bridgehead atoms.